The molecule has 0 radical (unpaired) electrons. The second-order valence-electron chi connectivity index (χ2n) is 9.57. The fraction of sp³-hybridized carbons (Fsp3) is 0.538. The molecule has 1 aromatic heterocycles. The van der Waals surface area contributed by atoms with Gasteiger partial charge in [-0.15, -0.1) is 0 Å². The summed E-state index contributed by atoms with van der Waals surface area (Å²) in [6.07, 6.45) is -1.91. The van der Waals surface area contributed by atoms with Crippen molar-refractivity contribution in [1.29, 1.82) is 0 Å². The molecule has 2 aliphatic heterocycles. The molecule has 1 aromatic carbocycles. The summed E-state index contributed by atoms with van der Waals surface area (Å²) in [6.45, 7) is 10.5. The predicted molar refractivity (Wildman–Crippen MR) is 128 cm³/mol. The van der Waals surface area contributed by atoms with Gasteiger partial charge in [-0.2, -0.15) is 13.2 Å². The SMILES string of the molecule is CCN(c1ncc(C)cc1CN1C(=O)O[C@H](c2cc(C)cc(C(F)(F)F)c2)[C@@H]1C)C1CCNCC1. The second kappa shape index (κ2) is 10.0. The zero-order chi connectivity index (χ0) is 25.3. The van der Waals surface area contributed by atoms with Crippen molar-refractivity contribution >= 4 is 11.9 Å². The van der Waals surface area contributed by atoms with Crippen LogP contribution < -0.4 is 10.2 Å². The van der Waals surface area contributed by atoms with Crippen LogP contribution in [0.4, 0.5) is 23.8 Å². The molecule has 0 bridgehead atoms. The van der Waals surface area contributed by atoms with Crippen LogP contribution in [0.3, 0.4) is 0 Å². The molecule has 9 heteroatoms. The van der Waals surface area contributed by atoms with Gasteiger partial charge in [0.05, 0.1) is 18.2 Å². The Kier molecular flexibility index (Phi) is 7.26. The van der Waals surface area contributed by atoms with E-state index in [1.807, 2.05) is 26.1 Å². The minimum absolute atomic E-state index is 0.278. The summed E-state index contributed by atoms with van der Waals surface area (Å²) in [5.74, 6) is 0.850. The van der Waals surface area contributed by atoms with Gasteiger partial charge in [0.1, 0.15) is 11.9 Å². The first-order valence-electron chi connectivity index (χ1n) is 12.2. The highest BCUT2D eigenvalue weighted by Gasteiger charge is 2.41. The highest BCUT2D eigenvalue weighted by atomic mass is 19.4. The molecule has 2 atom stereocenters. The third-order valence-electron chi connectivity index (χ3n) is 6.93. The minimum Gasteiger partial charge on any atom is -0.439 e. The van der Waals surface area contributed by atoms with Gasteiger partial charge in [0.2, 0.25) is 0 Å². The molecule has 4 rings (SSSR count). The first-order chi connectivity index (χ1) is 16.6. The van der Waals surface area contributed by atoms with Gasteiger partial charge in [-0.1, -0.05) is 11.6 Å². The number of aromatic nitrogens is 1. The Labute approximate surface area is 204 Å². The standard InChI is InChI=1S/C26H33F3N4O2/c1-5-32(22-6-8-30-9-7-22)24-20(11-17(3)14-31-24)15-33-18(4)23(35-25(33)34)19-10-16(2)12-21(13-19)26(27,28)29/h10-14,18,22-23,30H,5-9,15H2,1-4H3/t18-,23-/m0/s1. The number of halogens is 3. The van der Waals surface area contributed by atoms with E-state index in [0.29, 0.717) is 17.2 Å². The van der Waals surface area contributed by atoms with Crippen molar-refractivity contribution in [3.05, 3.63) is 58.3 Å². The maximum atomic E-state index is 13.4. The maximum absolute atomic E-state index is 13.4. The van der Waals surface area contributed by atoms with Crippen LogP contribution in [-0.2, 0) is 17.5 Å². The van der Waals surface area contributed by atoms with Crippen molar-refractivity contribution in [3.8, 4) is 0 Å². The summed E-state index contributed by atoms with van der Waals surface area (Å²) in [7, 11) is 0. The van der Waals surface area contributed by atoms with Gasteiger partial charge in [-0.05, 0) is 83.0 Å². The number of benzene rings is 1. The fourth-order valence-electron chi connectivity index (χ4n) is 5.18. The average molecular weight is 491 g/mol. The van der Waals surface area contributed by atoms with Crippen LogP contribution in [0, 0.1) is 13.8 Å². The Bertz CT molecular complexity index is 1070. The number of nitrogens with one attached hydrogen (secondary N) is 1. The molecule has 2 saturated heterocycles. The number of aryl methyl sites for hydroxylation is 2. The quantitative estimate of drug-likeness (QED) is 0.590. The van der Waals surface area contributed by atoms with E-state index < -0.39 is 30.0 Å². The van der Waals surface area contributed by atoms with E-state index in [0.717, 1.165) is 61.6 Å². The molecular weight excluding hydrogens is 457 g/mol. The smallest absolute Gasteiger partial charge is 0.416 e. The molecule has 2 aliphatic rings. The van der Waals surface area contributed by atoms with Gasteiger partial charge >= 0.3 is 12.3 Å². The van der Waals surface area contributed by atoms with Crippen LogP contribution in [0.2, 0.25) is 0 Å². The highest BCUT2D eigenvalue weighted by Crippen LogP contribution is 2.38. The number of cyclic esters (lactones) is 1. The number of hydrogen-bond donors (Lipinski definition) is 1. The summed E-state index contributed by atoms with van der Waals surface area (Å²) in [5.41, 5.74) is 1.99. The van der Waals surface area contributed by atoms with Gasteiger partial charge in [0, 0.05) is 24.3 Å². The number of ether oxygens (including phenoxy) is 1. The van der Waals surface area contributed by atoms with Gasteiger partial charge in [-0.3, -0.25) is 4.90 Å². The Morgan fingerprint density at radius 2 is 1.86 bits per heavy atom. The minimum atomic E-state index is -4.47. The number of piperidine rings is 1. The monoisotopic (exact) mass is 490 g/mol. The van der Waals surface area contributed by atoms with E-state index in [9.17, 15) is 18.0 Å². The zero-order valence-corrected chi connectivity index (χ0v) is 20.7. The lowest BCUT2D eigenvalue weighted by Gasteiger charge is -2.36. The first-order valence-corrected chi connectivity index (χ1v) is 12.2. The number of amides is 1. The normalized spacial score (nSPS) is 21.3. The van der Waals surface area contributed by atoms with Crippen LogP contribution >= 0.6 is 0 Å². The van der Waals surface area contributed by atoms with E-state index in [4.69, 9.17) is 9.72 Å². The zero-order valence-electron chi connectivity index (χ0n) is 20.7. The molecule has 0 spiro atoms. The molecule has 0 aliphatic carbocycles. The molecule has 0 saturated carbocycles. The number of pyridine rings is 1. The predicted octanol–water partition coefficient (Wildman–Crippen LogP) is 5.38. The number of hydrogen-bond acceptors (Lipinski definition) is 5. The van der Waals surface area contributed by atoms with E-state index in [-0.39, 0.29) is 6.54 Å². The summed E-state index contributed by atoms with van der Waals surface area (Å²) < 4.78 is 45.8. The van der Waals surface area contributed by atoms with E-state index in [2.05, 4.69) is 17.1 Å². The van der Waals surface area contributed by atoms with Crippen molar-refractivity contribution in [2.24, 2.45) is 0 Å². The number of carbonyl (C=O) groups is 1. The Morgan fingerprint density at radius 3 is 2.51 bits per heavy atom. The number of anilines is 1. The third kappa shape index (κ3) is 5.39. The molecule has 0 unspecified atom stereocenters. The maximum Gasteiger partial charge on any atom is 0.416 e. The third-order valence-corrected chi connectivity index (χ3v) is 6.93. The summed E-state index contributed by atoms with van der Waals surface area (Å²) in [6, 6.07) is 5.80. The number of alkyl halides is 3. The topological polar surface area (TPSA) is 57.7 Å². The lowest BCUT2D eigenvalue weighted by atomic mass is 9.98. The first kappa shape index (κ1) is 25.3. The van der Waals surface area contributed by atoms with Crippen LogP contribution in [0.5, 0.6) is 0 Å². The molecule has 35 heavy (non-hydrogen) atoms. The Hall–Kier alpha value is -2.81. The van der Waals surface area contributed by atoms with Crippen molar-refractivity contribution in [2.45, 2.75) is 71.4 Å². The molecular formula is C26H33F3N4O2. The van der Waals surface area contributed by atoms with Crippen LogP contribution in [0.15, 0.2) is 30.5 Å². The molecule has 190 valence electrons. The van der Waals surface area contributed by atoms with Crippen molar-refractivity contribution < 1.29 is 22.7 Å². The molecule has 6 nitrogen and oxygen atoms in total. The van der Waals surface area contributed by atoms with Crippen LogP contribution in [0.25, 0.3) is 0 Å². The number of nitrogens with zero attached hydrogens (tertiary/aromatic N) is 3. The van der Waals surface area contributed by atoms with Crippen molar-refractivity contribution in [3.63, 3.8) is 0 Å². The number of carbonyl (C=O) groups excluding carboxylic acids is 1. The van der Waals surface area contributed by atoms with Gasteiger partial charge in [0.25, 0.3) is 0 Å². The molecule has 3 heterocycles. The van der Waals surface area contributed by atoms with Gasteiger partial charge < -0.3 is 15.0 Å². The van der Waals surface area contributed by atoms with Crippen molar-refractivity contribution in [2.75, 3.05) is 24.5 Å². The Morgan fingerprint density at radius 1 is 1.14 bits per heavy atom. The summed E-state index contributed by atoms with van der Waals surface area (Å²) in [4.78, 5) is 21.6. The van der Waals surface area contributed by atoms with Crippen LogP contribution in [0.1, 0.15) is 60.6 Å². The largest absolute Gasteiger partial charge is 0.439 e. The Balaban J connectivity index is 1.61. The van der Waals surface area contributed by atoms with Crippen molar-refractivity contribution in [1.82, 2.24) is 15.2 Å². The lowest BCUT2D eigenvalue weighted by Crippen LogP contribution is -2.44. The van der Waals surface area contributed by atoms with E-state index in [1.165, 1.54) is 0 Å². The molecule has 1 amide bonds. The van der Waals surface area contributed by atoms with Gasteiger partial charge in [0.15, 0.2) is 0 Å². The van der Waals surface area contributed by atoms with Crippen LogP contribution in [-0.4, -0.2) is 47.7 Å². The molecule has 2 aromatic rings. The summed E-state index contributed by atoms with van der Waals surface area (Å²) in [5, 5.41) is 3.39. The lowest BCUT2D eigenvalue weighted by molar-refractivity contribution is -0.137. The summed E-state index contributed by atoms with van der Waals surface area (Å²) >= 11 is 0. The van der Waals surface area contributed by atoms with E-state index in [1.54, 1.807) is 17.9 Å². The molecule has 2 fully saturated rings. The highest BCUT2D eigenvalue weighted by molar-refractivity contribution is 5.71. The average Bonchev–Trinajstić information content (AvgIpc) is 3.09. The fourth-order valence-corrected chi connectivity index (χ4v) is 5.18. The molecule has 1 N–H and O–H groups in total. The number of rotatable bonds is 6. The second-order valence-corrected chi connectivity index (χ2v) is 9.57. The van der Waals surface area contributed by atoms with Gasteiger partial charge in [-0.25, -0.2) is 9.78 Å². The van der Waals surface area contributed by atoms with E-state index >= 15 is 0 Å².